The monoisotopic (exact) mass is 399 g/mol. The van der Waals surface area contributed by atoms with Crippen LogP contribution in [-0.4, -0.2) is 39.6 Å². The number of amides is 1. The first-order valence-corrected chi connectivity index (χ1v) is 10.1. The van der Waals surface area contributed by atoms with Gasteiger partial charge in [-0.15, -0.1) is 0 Å². The molecule has 0 heterocycles. The zero-order chi connectivity index (χ0) is 21.2. The normalized spacial score (nSPS) is 33.9. The molecule has 0 saturated heterocycles. The lowest BCUT2D eigenvalue weighted by molar-refractivity contribution is -0.155. The lowest BCUT2D eigenvalue weighted by Crippen LogP contribution is -2.58. The van der Waals surface area contributed by atoms with E-state index in [1.54, 1.807) is 0 Å². The summed E-state index contributed by atoms with van der Waals surface area (Å²) in [7, 11) is 0. The van der Waals surface area contributed by atoms with Crippen molar-refractivity contribution in [2.45, 2.75) is 45.1 Å². The number of rotatable bonds is 2. The molecular formula is C22H25NO6. The first kappa shape index (κ1) is 19.8. The van der Waals surface area contributed by atoms with E-state index in [2.05, 4.69) is 0 Å². The summed E-state index contributed by atoms with van der Waals surface area (Å²) in [5.41, 5.74) is 7.20. The molecule has 1 aromatic rings. The highest BCUT2D eigenvalue weighted by atomic mass is 16.3. The summed E-state index contributed by atoms with van der Waals surface area (Å²) in [6, 6.07) is 3.30. The van der Waals surface area contributed by atoms with Crippen molar-refractivity contribution >= 4 is 23.3 Å². The van der Waals surface area contributed by atoms with Crippen molar-refractivity contribution in [1.82, 2.24) is 0 Å². The van der Waals surface area contributed by atoms with Gasteiger partial charge < -0.3 is 15.9 Å². The molecule has 29 heavy (non-hydrogen) atoms. The van der Waals surface area contributed by atoms with Gasteiger partial charge in [0.15, 0.2) is 5.78 Å². The Labute approximate surface area is 168 Å². The Morgan fingerprint density at radius 2 is 1.83 bits per heavy atom. The fraction of sp³-hybridized carbons (Fsp3) is 0.545. The first-order valence-electron chi connectivity index (χ1n) is 10.1. The van der Waals surface area contributed by atoms with E-state index in [1.807, 2.05) is 19.9 Å². The maximum atomic E-state index is 13.3. The van der Waals surface area contributed by atoms with Crippen LogP contribution < -0.4 is 5.73 Å². The Morgan fingerprint density at radius 1 is 1.14 bits per heavy atom. The van der Waals surface area contributed by atoms with E-state index in [9.17, 15) is 29.4 Å². The maximum Gasteiger partial charge on any atom is 0.230 e. The lowest BCUT2D eigenvalue weighted by atomic mass is 9.55. The van der Waals surface area contributed by atoms with Crippen LogP contribution in [0.2, 0.25) is 0 Å². The number of phenolic OH excluding ortho intramolecular Hbond substituents is 1. The number of fused-ring (bicyclic) bond motifs is 3. The van der Waals surface area contributed by atoms with Crippen molar-refractivity contribution in [2.24, 2.45) is 35.3 Å². The van der Waals surface area contributed by atoms with Crippen LogP contribution in [0.15, 0.2) is 12.1 Å². The third-order valence-corrected chi connectivity index (χ3v) is 6.99. The number of hydrogen-bond acceptors (Lipinski definition) is 6. The van der Waals surface area contributed by atoms with Crippen molar-refractivity contribution < 1.29 is 29.4 Å². The number of hydrogen-bond donors (Lipinski definition) is 3. The summed E-state index contributed by atoms with van der Waals surface area (Å²) in [6.07, 6.45) is -0.598. The number of aromatic hydroxyl groups is 1. The summed E-state index contributed by atoms with van der Waals surface area (Å²) >= 11 is 0. The van der Waals surface area contributed by atoms with Crippen LogP contribution in [-0.2, 0) is 20.8 Å². The molecule has 2 fully saturated rings. The van der Waals surface area contributed by atoms with Crippen LogP contribution in [0.3, 0.4) is 0 Å². The van der Waals surface area contributed by atoms with E-state index in [1.165, 1.54) is 6.07 Å². The molecular weight excluding hydrogens is 374 g/mol. The number of nitrogens with two attached hydrogens (primary N) is 1. The molecule has 0 radical (unpaired) electrons. The highest BCUT2D eigenvalue weighted by molar-refractivity contribution is 6.15. The van der Waals surface area contributed by atoms with Crippen molar-refractivity contribution in [3.05, 3.63) is 28.8 Å². The SMILES string of the molecule is CC(C)c1ccc(O)c2c1CC1CC3CC(=O)C(C(N)=O)C(O)C3C(=O)C1C2=O. The van der Waals surface area contributed by atoms with Crippen molar-refractivity contribution in [3.8, 4) is 5.75 Å². The van der Waals surface area contributed by atoms with Gasteiger partial charge in [0, 0.05) is 12.3 Å². The molecule has 7 heteroatoms. The van der Waals surface area contributed by atoms with Crippen LogP contribution in [0.25, 0.3) is 0 Å². The van der Waals surface area contributed by atoms with Gasteiger partial charge >= 0.3 is 0 Å². The quantitative estimate of drug-likeness (QED) is 0.638. The van der Waals surface area contributed by atoms with Crippen LogP contribution in [0.1, 0.15) is 54.1 Å². The standard InChI is InChI=1S/C22H25NO6/c1-8(2)11-3-4-13(24)17-12(11)6-9-5-10-7-14(25)18(22(23)29)21(28)16(10)19(26)15(9)20(17)27/h3-4,8-10,15-16,18,21,24,28H,5-7H2,1-2H3,(H2,23,29). The van der Waals surface area contributed by atoms with Gasteiger partial charge in [-0.3, -0.25) is 19.2 Å². The van der Waals surface area contributed by atoms with Gasteiger partial charge in [0.1, 0.15) is 23.2 Å². The second-order valence-electron chi connectivity index (χ2n) is 8.95. The molecule has 0 spiro atoms. The minimum Gasteiger partial charge on any atom is -0.507 e. The number of Topliss-reactive ketones (excluding diaryl/α,β-unsaturated/α-hetero) is 3. The number of primary amides is 1. The van der Waals surface area contributed by atoms with Crippen LogP contribution >= 0.6 is 0 Å². The van der Waals surface area contributed by atoms with Crippen molar-refractivity contribution in [1.29, 1.82) is 0 Å². The minimum atomic E-state index is -1.50. The summed E-state index contributed by atoms with van der Waals surface area (Å²) < 4.78 is 0. The average Bonchev–Trinajstić information content (AvgIpc) is 2.60. The largest absolute Gasteiger partial charge is 0.507 e. The minimum absolute atomic E-state index is 0.00240. The van der Waals surface area contributed by atoms with Crippen molar-refractivity contribution in [2.75, 3.05) is 0 Å². The Hall–Kier alpha value is -2.54. The second-order valence-corrected chi connectivity index (χ2v) is 8.95. The summed E-state index contributed by atoms with van der Waals surface area (Å²) in [5.74, 6) is -6.31. The number of carbonyl (C=O) groups excluding carboxylic acids is 4. The predicted octanol–water partition coefficient (Wildman–Crippen LogP) is 1.13. The van der Waals surface area contributed by atoms with Gasteiger partial charge in [-0.05, 0) is 47.8 Å². The van der Waals surface area contributed by atoms with E-state index < -0.39 is 53.0 Å². The molecule has 6 atom stereocenters. The van der Waals surface area contributed by atoms with E-state index >= 15 is 0 Å². The number of ketones is 3. The molecule has 1 amide bonds. The molecule has 2 saturated carbocycles. The summed E-state index contributed by atoms with van der Waals surface area (Å²) in [5, 5.41) is 21.0. The number of phenols is 1. The summed E-state index contributed by atoms with van der Waals surface area (Å²) in [6.45, 7) is 4.01. The molecule has 0 aliphatic heterocycles. The zero-order valence-electron chi connectivity index (χ0n) is 16.4. The third kappa shape index (κ3) is 2.82. The molecule has 154 valence electrons. The second kappa shape index (κ2) is 6.76. The maximum absolute atomic E-state index is 13.3. The molecule has 4 N–H and O–H groups in total. The number of benzene rings is 1. The predicted molar refractivity (Wildman–Crippen MR) is 102 cm³/mol. The molecule has 1 aromatic carbocycles. The Bertz CT molecular complexity index is 935. The Morgan fingerprint density at radius 3 is 2.45 bits per heavy atom. The molecule has 0 aromatic heterocycles. The third-order valence-electron chi connectivity index (χ3n) is 6.99. The Balaban J connectivity index is 1.77. The molecule has 0 bridgehead atoms. The Kier molecular flexibility index (Phi) is 4.61. The summed E-state index contributed by atoms with van der Waals surface area (Å²) in [4.78, 5) is 50.6. The zero-order valence-corrected chi connectivity index (χ0v) is 16.4. The van der Waals surface area contributed by atoms with Crippen LogP contribution in [0.4, 0.5) is 0 Å². The van der Waals surface area contributed by atoms with Gasteiger partial charge in [-0.25, -0.2) is 0 Å². The van der Waals surface area contributed by atoms with E-state index in [4.69, 9.17) is 5.73 Å². The first-order chi connectivity index (χ1) is 13.6. The highest BCUT2D eigenvalue weighted by Crippen LogP contribution is 2.49. The smallest absolute Gasteiger partial charge is 0.230 e. The molecule has 6 unspecified atom stereocenters. The average molecular weight is 399 g/mol. The molecule has 3 aliphatic rings. The van der Waals surface area contributed by atoms with E-state index in [0.717, 1.165) is 11.1 Å². The van der Waals surface area contributed by atoms with Crippen LogP contribution in [0, 0.1) is 29.6 Å². The van der Waals surface area contributed by atoms with Gasteiger partial charge in [0.2, 0.25) is 5.91 Å². The van der Waals surface area contributed by atoms with E-state index in [-0.39, 0.29) is 29.6 Å². The van der Waals surface area contributed by atoms with Gasteiger partial charge in [0.25, 0.3) is 0 Å². The van der Waals surface area contributed by atoms with Gasteiger partial charge in [0.05, 0.1) is 17.6 Å². The fourth-order valence-electron chi connectivity index (χ4n) is 5.76. The topological polar surface area (TPSA) is 135 Å². The van der Waals surface area contributed by atoms with Gasteiger partial charge in [-0.2, -0.15) is 0 Å². The number of carbonyl (C=O) groups is 4. The van der Waals surface area contributed by atoms with Gasteiger partial charge in [-0.1, -0.05) is 19.9 Å². The molecule has 3 aliphatic carbocycles. The van der Waals surface area contributed by atoms with E-state index in [0.29, 0.717) is 12.8 Å². The number of aliphatic hydroxyl groups excluding tert-OH is 1. The van der Waals surface area contributed by atoms with Crippen LogP contribution in [0.5, 0.6) is 5.75 Å². The number of aliphatic hydroxyl groups is 1. The molecule has 7 nitrogen and oxygen atoms in total. The van der Waals surface area contributed by atoms with Crippen molar-refractivity contribution in [3.63, 3.8) is 0 Å². The molecule has 4 rings (SSSR count). The lowest BCUT2D eigenvalue weighted by Gasteiger charge is -2.47. The highest BCUT2D eigenvalue weighted by Gasteiger charge is 2.57. The fourth-order valence-corrected chi connectivity index (χ4v) is 5.76.